The van der Waals surface area contributed by atoms with E-state index in [1.807, 2.05) is 0 Å². The van der Waals surface area contributed by atoms with Crippen LogP contribution in [0.25, 0.3) is 0 Å². The van der Waals surface area contributed by atoms with Gasteiger partial charge in [-0.25, -0.2) is 0 Å². The molecule has 0 saturated heterocycles. The molecule has 4 nitrogen and oxygen atoms in total. The van der Waals surface area contributed by atoms with Gasteiger partial charge < -0.3 is 9.47 Å². The summed E-state index contributed by atoms with van der Waals surface area (Å²) in [6.45, 7) is 3.97. The normalized spacial score (nSPS) is 11.9. The molecule has 0 spiro atoms. The smallest absolute Gasteiger partial charge is 0.309 e. The van der Waals surface area contributed by atoms with E-state index in [9.17, 15) is 9.59 Å². The average Bonchev–Trinajstić information content (AvgIpc) is 2.36. The minimum Gasteiger partial charge on any atom is -0.466 e. The molecule has 0 amide bonds. The molecule has 0 aromatic heterocycles. The van der Waals surface area contributed by atoms with Crippen molar-refractivity contribution in [2.45, 2.75) is 64.9 Å². The van der Waals surface area contributed by atoms with Gasteiger partial charge in [-0.1, -0.05) is 55.0 Å². The van der Waals surface area contributed by atoms with Crippen molar-refractivity contribution >= 4 is 27.9 Å². The molecule has 0 aromatic carbocycles. The first kappa shape index (κ1) is 18.4. The zero-order chi connectivity index (χ0) is 14.5. The van der Waals surface area contributed by atoms with Crippen molar-refractivity contribution in [2.75, 3.05) is 11.9 Å². The van der Waals surface area contributed by atoms with Crippen LogP contribution in [0, 0.1) is 0 Å². The molecule has 0 rings (SSSR count). The van der Waals surface area contributed by atoms with Crippen LogP contribution in [0.5, 0.6) is 0 Å². The molecule has 0 fully saturated rings. The van der Waals surface area contributed by atoms with E-state index in [2.05, 4.69) is 22.9 Å². The third-order valence-corrected chi connectivity index (χ3v) is 3.38. The largest absolute Gasteiger partial charge is 0.466 e. The van der Waals surface area contributed by atoms with Crippen LogP contribution in [0.4, 0.5) is 0 Å². The molecule has 0 aromatic rings. The lowest BCUT2D eigenvalue weighted by Crippen LogP contribution is -2.23. The minimum absolute atomic E-state index is 0.112. The van der Waals surface area contributed by atoms with Crippen LogP contribution in [0.15, 0.2) is 0 Å². The molecule has 1 unspecified atom stereocenters. The highest BCUT2D eigenvalue weighted by Gasteiger charge is 2.16. The van der Waals surface area contributed by atoms with Gasteiger partial charge in [0.2, 0.25) is 0 Å². The fourth-order valence-corrected chi connectivity index (χ4v) is 2.04. The number of hydrogen-bond donors (Lipinski definition) is 0. The molecule has 0 aliphatic rings. The summed E-state index contributed by atoms with van der Waals surface area (Å²) in [4.78, 5) is 22.3. The van der Waals surface area contributed by atoms with E-state index < -0.39 is 6.10 Å². The maximum absolute atomic E-state index is 11.5. The highest BCUT2D eigenvalue weighted by molar-refractivity contribution is 9.09. The summed E-state index contributed by atoms with van der Waals surface area (Å²) in [5.41, 5.74) is 0. The van der Waals surface area contributed by atoms with Crippen LogP contribution in [-0.4, -0.2) is 30.0 Å². The Labute approximate surface area is 124 Å². The molecule has 0 aliphatic heterocycles. The van der Waals surface area contributed by atoms with Gasteiger partial charge in [-0.15, -0.1) is 0 Å². The molecule has 0 radical (unpaired) electrons. The zero-order valence-corrected chi connectivity index (χ0v) is 13.5. The number of carbonyl (C=O) groups is 2. The van der Waals surface area contributed by atoms with E-state index in [0.29, 0.717) is 11.9 Å². The molecular weight excluding hydrogens is 312 g/mol. The highest BCUT2D eigenvalue weighted by Crippen LogP contribution is 2.07. The molecule has 19 heavy (non-hydrogen) atoms. The van der Waals surface area contributed by atoms with Gasteiger partial charge in [0, 0.05) is 12.3 Å². The van der Waals surface area contributed by atoms with Gasteiger partial charge in [0.25, 0.3) is 0 Å². The molecule has 5 heteroatoms. The van der Waals surface area contributed by atoms with Crippen molar-refractivity contribution in [3.63, 3.8) is 0 Å². The number of carbonyl (C=O) groups excluding carboxylic acids is 2. The Morgan fingerprint density at radius 1 is 1.11 bits per heavy atom. The molecular formula is C14H25BrO4. The lowest BCUT2D eigenvalue weighted by molar-refractivity contribution is -0.152. The van der Waals surface area contributed by atoms with Crippen LogP contribution < -0.4 is 0 Å². The third kappa shape index (κ3) is 12.2. The van der Waals surface area contributed by atoms with E-state index in [1.54, 1.807) is 0 Å². The Balaban J connectivity index is 3.54. The molecule has 1 atom stereocenters. The predicted molar refractivity (Wildman–Crippen MR) is 78.3 cm³/mol. The number of alkyl halides is 1. The van der Waals surface area contributed by atoms with Gasteiger partial charge in [0.05, 0.1) is 13.0 Å². The first-order valence-corrected chi connectivity index (χ1v) is 8.11. The van der Waals surface area contributed by atoms with E-state index in [0.717, 1.165) is 12.8 Å². The predicted octanol–water partition coefficient (Wildman–Crippen LogP) is 3.61. The Bertz CT molecular complexity index is 256. The summed E-state index contributed by atoms with van der Waals surface area (Å²) in [6, 6.07) is 0. The lowest BCUT2D eigenvalue weighted by atomic mass is 10.1. The fourth-order valence-electron chi connectivity index (χ4n) is 1.68. The van der Waals surface area contributed by atoms with Crippen LogP contribution in [0.1, 0.15) is 58.8 Å². The first-order chi connectivity index (χ1) is 9.10. The monoisotopic (exact) mass is 336 g/mol. The SMILES string of the molecule is CCCCCCCCOC(=O)CC(CBr)OC(C)=O. The van der Waals surface area contributed by atoms with Gasteiger partial charge in [0.15, 0.2) is 0 Å². The van der Waals surface area contributed by atoms with Crippen molar-refractivity contribution in [1.82, 2.24) is 0 Å². The molecule has 0 aliphatic carbocycles. The Morgan fingerprint density at radius 2 is 1.74 bits per heavy atom. The van der Waals surface area contributed by atoms with Gasteiger partial charge in [-0.3, -0.25) is 9.59 Å². The summed E-state index contributed by atoms with van der Waals surface area (Å²) in [7, 11) is 0. The summed E-state index contributed by atoms with van der Waals surface area (Å²) >= 11 is 3.20. The standard InChI is InChI=1S/C14H25BrO4/c1-3-4-5-6-7-8-9-18-14(17)10-13(11-15)19-12(2)16/h13H,3-11H2,1-2H3. The maximum atomic E-state index is 11.5. The van der Waals surface area contributed by atoms with Gasteiger partial charge in [-0.05, 0) is 6.42 Å². The topological polar surface area (TPSA) is 52.6 Å². The summed E-state index contributed by atoms with van der Waals surface area (Å²) in [5.74, 6) is -0.688. The number of ether oxygens (including phenoxy) is 2. The second-order valence-electron chi connectivity index (χ2n) is 4.58. The van der Waals surface area contributed by atoms with Gasteiger partial charge in [-0.2, -0.15) is 0 Å². The molecule has 0 bridgehead atoms. The Kier molecular flexibility index (Phi) is 12.1. The number of rotatable bonds is 11. The van der Waals surface area contributed by atoms with Crippen molar-refractivity contribution in [3.8, 4) is 0 Å². The van der Waals surface area contributed by atoms with Gasteiger partial charge in [0.1, 0.15) is 6.10 Å². The molecule has 0 saturated carbocycles. The highest BCUT2D eigenvalue weighted by atomic mass is 79.9. The van der Waals surface area contributed by atoms with E-state index >= 15 is 0 Å². The minimum atomic E-state index is -0.436. The Hall–Kier alpha value is -0.580. The number of esters is 2. The van der Waals surface area contributed by atoms with Crippen LogP contribution in [0.2, 0.25) is 0 Å². The van der Waals surface area contributed by atoms with E-state index in [-0.39, 0.29) is 18.4 Å². The number of halogens is 1. The van der Waals surface area contributed by atoms with Crippen molar-refractivity contribution in [3.05, 3.63) is 0 Å². The zero-order valence-electron chi connectivity index (χ0n) is 12.0. The van der Waals surface area contributed by atoms with Crippen molar-refractivity contribution < 1.29 is 19.1 Å². The molecule has 0 N–H and O–H groups in total. The summed E-state index contributed by atoms with van der Waals surface area (Å²) in [6.07, 6.45) is 6.64. The van der Waals surface area contributed by atoms with Crippen molar-refractivity contribution in [2.24, 2.45) is 0 Å². The number of unbranched alkanes of at least 4 members (excludes halogenated alkanes) is 5. The third-order valence-electron chi connectivity index (χ3n) is 2.66. The molecule has 0 heterocycles. The average molecular weight is 337 g/mol. The lowest BCUT2D eigenvalue weighted by Gasteiger charge is -2.13. The van der Waals surface area contributed by atoms with E-state index in [4.69, 9.17) is 9.47 Å². The maximum Gasteiger partial charge on any atom is 0.309 e. The second-order valence-corrected chi connectivity index (χ2v) is 5.23. The number of hydrogen-bond acceptors (Lipinski definition) is 4. The summed E-state index contributed by atoms with van der Waals surface area (Å²) in [5, 5.41) is 0.443. The first-order valence-electron chi connectivity index (χ1n) is 6.99. The second kappa shape index (κ2) is 12.5. The van der Waals surface area contributed by atoms with Crippen LogP contribution >= 0.6 is 15.9 Å². The van der Waals surface area contributed by atoms with Gasteiger partial charge >= 0.3 is 11.9 Å². The fraction of sp³-hybridized carbons (Fsp3) is 0.857. The van der Waals surface area contributed by atoms with Crippen LogP contribution in [0.3, 0.4) is 0 Å². The quantitative estimate of drug-likeness (QED) is 0.328. The summed E-state index contributed by atoms with van der Waals surface area (Å²) < 4.78 is 10.1. The van der Waals surface area contributed by atoms with Crippen molar-refractivity contribution in [1.29, 1.82) is 0 Å². The van der Waals surface area contributed by atoms with Crippen LogP contribution in [-0.2, 0) is 19.1 Å². The Morgan fingerprint density at radius 3 is 2.32 bits per heavy atom. The van der Waals surface area contributed by atoms with E-state index in [1.165, 1.54) is 32.6 Å². The molecule has 112 valence electrons.